The summed E-state index contributed by atoms with van der Waals surface area (Å²) in [5, 5.41) is 7.07. The highest BCUT2D eigenvalue weighted by Crippen LogP contribution is 2.28. The number of imide groups is 1. The number of para-hydroxylation sites is 1. The number of fused-ring (bicyclic) bond motifs is 1. The van der Waals surface area contributed by atoms with E-state index in [2.05, 4.69) is 15.6 Å². The molecule has 9 heteroatoms. The van der Waals surface area contributed by atoms with Crippen molar-refractivity contribution in [3.05, 3.63) is 53.4 Å². The van der Waals surface area contributed by atoms with E-state index in [1.165, 1.54) is 18.4 Å². The lowest BCUT2D eigenvalue weighted by Crippen LogP contribution is -2.42. The van der Waals surface area contributed by atoms with Gasteiger partial charge in [0.05, 0.1) is 28.3 Å². The predicted molar refractivity (Wildman–Crippen MR) is 109 cm³/mol. The topological polar surface area (TPSA) is 107 Å². The number of ether oxygens (including phenoxy) is 2. The van der Waals surface area contributed by atoms with Crippen molar-refractivity contribution in [2.24, 2.45) is 0 Å². The third-order valence-electron chi connectivity index (χ3n) is 3.89. The molecule has 0 saturated carbocycles. The number of aromatic nitrogens is 1. The van der Waals surface area contributed by atoms with Crippen LogP contribution in [0.2, 0.25) is 0 Å². The van der Waals surface area contributed by atoms with E-state index in [1.54, 1.807) is 24.3 Å². The van der Waals surface area contributed by atoms with Crippen molar-refractivity contribution in [1.29, 1.82) is 0 Å². The second kappa shape index (κ2) is 9.76. The number of carbonyl (C=O) groups excluding carboxylic acids is 3. The number of benzene rings is 1. The Labute approximate surface area is 170 Å². The first-order valence-electron chi connectivity index (χ1n) is 8.76. The SMILES string of the molecule is COCCNC(=O)NC(=O)COC(=O)c1cc(-c2cccs2)nc2ccccc12. The van der Waals surface area contributed by atoms with E-state index in [9.17, 15) is 14.4 Å². The van der Waals surface area contributed by atoms with Crippen LogP contribution in [-0.4, -0.2) is 49.8 Å². The second-order valence-electron chi connectivity index (χ2n) is 5.92. The molecule has 0 fully saturated rings. The third kappa shape index (κ3) is 5.37. The van der Waals surface area contributed by atoms with E-state index in [0.717, 1.165) is 4.88 Å². The molecule has 0 unspecified atom stereocenters. The number of amides is 3. The molecule has 3 rings (SSSR count). The first-order chi connectivity index (χ1) is 14.1. The van der Waals surface area contributed by atoms with Gasteiger partial charge < -0.3 is 14.8 Å². The molecule has 0 atom stereocenters. The van der Waals surface area contributed by atoms with Gasteiger partial charge >= 0.3 is 12.0 Å². The Morgan fingerprint density at radius 3 is 2.72 bits per heavy atom. The number of carbonyl (C=O) groups is 3. The number of methoxy groups -OCH3 is 1. The Morgan fingerprint density at radius 2 is 1.97 bits per heavy atom. The Bertz CT molecular complexity index is 1020. The van der Waals surface area contributed by atoms with Crippen LogP contribution in [0, 0.1) is 0 Å². The van der Waals surface area contributed by atoms with Crippen LogP contribution in [0.15, 0.2) is 47.8 Å². The Balaban J connectivity index is 1.70. The maximum atomic E-state index is 12.6. The highest BCUT2D eigenvalue weighted by Gasteiger charge is 2.17. The number of hydrogen-bond donors (Lipinski definition) is 2. The molecule has 2 N–H and O–H groups in total. The van der Waals surface area contributed by atoms with Crippen LogP contribution in [-0.2, 0) is 14.3 Å². The van der Waals surface area contributed by atoms with Gasteiger partial charge in [-0.3, -0.25) is 10.1 Å². The zero-order valence-corrected chi connectivity index (χ0v) is 16.5. The zero-order chi connectivity index (χ0) is 20.6. The van der Waals surface area contributed by atoms with E-state index in [-0.39, 0.29) is 6.54 Å². The minimum atomic E-state index is -0.731. The van der Waals surface area contributed by atoms with Gasteiger partial charge in [-0.15, -0.1) is 11.3 Å². The van der Waals surface area contributed by atoms with Gasteiger partial charge in [0.25, 0.3) is 5.91 Å². The highest BCUT2D eigenvalue weighted by molar-refractivity contribution is 7.13. The summed E-state index contributed by atoms with van der Waals surface area (Å²) < 4.78 is 9.91. The van der Waals surface area contributed by atoms with E-state index >= 15 is 0 Å². The first-order valence-corrected chi connectivity index (χ1v) is 9.64. The standard InChI is InChI=1S/C20H19N3O5S/c1-27-9-8-21-20(26)23-18(24)12-28-19(25)14-11-16(17-7-4-10-29-17)22-15-6-3-2-5-13(14)15/h2-7,10-11H,8-9,12H2,1H3,(H2,21,23,24,26). The molecule has 1 aromatic carbocycles. The lowest BCUT2D eigenvalue weighted by molar-refractivity contribution is -0.123. The molecule has 0 saturated heterocycles. The van der Waals surface area contributed by atoms with Gasteiger partial charge in [0.2, 0.25) is 0 Å². The lowest BCUT2D eigenvalue weighted by atomic mass is 10.1. The molecular weight excluding hydrogens is 394 g/mol. The van der Waals surface area contributed by atoms with Crippen molar-refractivity contribution in [2.45, 2.75) is 0 Å². The summed E-state index contributed by atoms with van der Waals surface area (Å²) in [6, 6.07) is 12.0. The molecule has 2 aromatic heterocycles. The fourth-order valence-electron chi connectivity index (χ4n) is 2.58. The van der Waals surface area contributed by atoms with Crippen LogP contribution in [0.3, 0.4) is 0 Å². The van der Waals surface area contributed by atoms with E-state index in [0.29, 0.717) is 28.8 Å². The van der Waals surface area contributed by atoms with Crippen LogP contribution in [0.4, 0.5) is 4.79 Å². The van der Waals surface area contributed by atoms with Crippen molar-refractivity contribution >= 4 is 40.1 Å². The van der Waals surface area contributed by atoms with Crippen molar-refractivity contribution in [2.75, 3.05) is 26.9 Å². The van der Waals surface area contributed by atoms with Crippen molar-refractivity contribution < 1.29 is 23.9 Å². The van der Waals surface area contributed by atoms with Gasteiger partial charge in [0.15, 0.2) is 6.61 Å². The number of urea groups is 1. The van der Waals surface area contributed by atoms with Crippen LogP contribution in [0.25, 0.3) is 21.5 Å². The van der Waals surface area contributed by atoms with Gasteiger partial charge in [-0.1, -0.05) is 24.3 Å². The fourth-order valence-corrected chi connectivity index (χ4v) is 3.26. The largest absolute Gasteiger partial charge is 0.452 e. The summed E-state index contributed by atoms with van der Waals surface area (Å²) in [5.74, 6) is -1.40. The molecule has 8 nitrogen and oxygen atoms in total. The minimum Gasteiger partial charge on any atom is -0.452 e. The molecule has 0 aliphatic carbocycles. The molecule has 150 valence electrons. The monoisotopic (exact) mass is 413 g/mol. The number of pyridine rings is 1. The van der Waals surface area contributed by atoms with E-state index in [4.69, 9.17) is 9.47 Å². The number of hydrogen-bond acceptors (Lipinski definition) is 7. The number of nitrogens with one attached hydrogen (secondary N) is 2. The van der Waals surface area contributed by atoms with Crippen LogP contribution in [0.5, 0.6) is 0 Å². The first kappa shape index (κ1) is 20.4. The van der Waals surface area contributed by atoms with Gasteiger partial charge in [-0.2, -0.15) is 0 Å². The maximum Gasteiger partial charge on any atom is 0.339 e. The van der Waals surface area contributed by atoms with Gasteiger partial charge in [-0.25, -0.2) is 14.6 Å². The highest BCUT2D eigenvalue weighted by atomic mass is 32.1. The number of thiophene rings is 1. The molecule has 0 aliphatic heterocycles. The summed E-state index contributed by atoms with van der Waals surface area (Å²) in [7, 11) is 1.50. The van der Waals surface area contributed by atoms with Gasteiger partial charge in [0.1, 0.15) is 0 Å². The smallest absolute Gasteiger partial charge is 0.339 e. The molecule has 2 heterocycles. The van der Waals surface area contributed by atoms with Gasteiger partial charge in [0, 0.05) is 19.0 Å². The number of rotatable bonds is 7. The average Bonchev–Trinajstić information content (AvgIpc) is 3.26. The minimum absolute atomic E-state index is 0.254. The van der Waals surface area contributed by atoms with Crippen LogP contribution < -0.4 is 10.6 Å². The second-order valence-corrected chi connectivity index (χ2v) is 6.87. The van der Waals surface area contributed by atoms with Crippen molar-refractivity contribution in [3.8, 4) is 10.6 Å². The predicted octanol–water partition coefficient (Wildman–Crippen LogP) is 2.59. The average molecular weight is 413 g/mol. The quantitative estimate of drug-likeness (QED) is 0.455. The summed E-state index contributed by atoms with van der Waals surface area (Å²) >= 11 is 1.51. The Kier molecular flexibility index (Phi) is 6.88. The van der Waals surface area contributed by atoms with Crippen LogP contribution >= 0.6 is 11.3 Å². The molecule has 0 aliphatic rings. The maximum absolute atomic E-state index is 12.6. The molecule has 0 radical (unpaired) electrons. The molecule has 3 aromatic rings. The number of nitrogens with zero attached hydrogens (tertiary/aromatic N) is 1. The van der Waals surface area contributed by atoms with E-state index < -0.39 is 24.5 Å². The summed E-state index contributed by atoms with van der Waals surface area (Å²) in [5.41, 5.74) is 1.59. The van der Waals surface area contributed by atoms with Crippen LogP contribution in [0.1, 0.15) is 10.4 Å². The van der Waals surface area contributed by atoms with Gasteiger partial charge in [-0.05, 0) is 23.6 Å². The molecule has 0 bridgehead atoms. The summed E-state index contributed by atoms with van der Waals surface area (Å²) in [6.07, 6.45) is 0. The van der Waals surface area contributed by atoms with E-state index in [1.807, 2.05) is 23.6 Å². The Morgan fingerprint density at radius 1 is 1.14 bits per heavy atom. The number of esters is 1. The fraction of sp³-hybridized carbons (Fsp3) is 0.200. The summed E-state index contributed by atoms with van der Waals surface area (Å²) in [6.45, 7) is -0.0102. The zero-order valence-electron chi connectivity index (χ0n) is 15.6. The summed E-state index contributed by atoms with van der Waals surface area (Å²) in [4.78, 5) is 41.5. The Hall–Kier alpha value is -3.30. The molecule has 0 spiro atoms. The normalized spacial score (nSPS) is 10.5. The molecule has 29 heavy (non-hydrogen) atoms. The third-order valence-corrected chi connectivity index (χ3v) is 4.78. The van der Waals surface area contributed by atoms with Crippen molar-refractivity contribution in [3.63, 3.8) is 0 Å². The molecular formula is C20H19N3O5S. The molecule has 3 amide bonds. The lowest BCUT2D eigenvalue weighted by Gasteiger charge is -2.10. The van der Waals surface area contributed by atoms with Crippen molar-refractivity contribution in [1.82, 2.24) is 15.6 Å².